The lowest BCUT2D eigenvalue weighted by Crippen LogP contribution is -2.28. The van der Waals surface area contributed by atoms with Crippen molar-refractivity contribution in [2.75, 3.05) is 11.1 Å². The van der Waals surface area contributed by atoms with Gasteiger partial charge in [0.25, 0.3) is 0 Å². The minimum absolute atomic E-state index is 0.0375. The van der Waals surface area contributed by atoms with Crippen LogP contribution in [0.25, 0.3) is 16.9 Å². The quantitative estimate of drug-likeness (QED) is 0.333. The molecule has 174 valence electrons. The standard InChI is InChI=1S/C24H19F4N5O/c25-18-10-6-15(7-11-18)14-30-23(34)31-21-20(16-4-2-1-3-5-16)32-33(22(21)29)19-12-8-17(9-13-19)24(26,27)28/h1-13H,14,29H2,(H2,30,31,34). The number of carbonyl (C=O) groups excluding carboxylic acids is 1. The third-order valence-electron chi connectivity index (χ3n) is 5.01. The van der Waals surface area contributed by atoms with Crippen molar-refractivity contribution >= 4 is 17.5 Å². The largest absolute Gasteiger partial charge is 0.416 e. The van der Waals surface area contributed by atoms with Crippen LogP contribution in [0, 0.1) is 5.82 Å². The molecule has 0 saturated heterocycles. The van der Waals surface area contributed by atoms with Gasteiger partial charge in [-0.05, 0) is 42.0 Å². The summed E-state index contributed by atoms with van der Waals surface area (Å²) in [5.74, 6) is -0.347. The third-order valence-corrected chi connectivity index (χ3v) is 5.01. The monoisotopic (exact) mass is 469 g/mol. The number of urea groups is 1. The van der Waals surface area contributed by atoms with Crippen molar-refractivity contribution in [3.05, 3.63) is 95.8 Å². The highest BCUT2D eigenvalue weighted by Crippen LogP contribution is 2.35. The molecule has 0 saturated carbocycles. The molecule has 4 N–H and O–H groups in total. The molecule has 0 radical (unpaired) electrons. The fourth-order valence-corrected chi connectivity index (χ4v) is 3.28. The van der Waals surface area contributed by atoms with Gasteiger partial charge in [-0.2, -0.15) is 18.3 Å². The first kappa shape index (κ1) is 22.8. The number of nitrogens with one attached hydrogen (secondary N) is 2. The molecule has 6 nitrogen and oxygen atoms in total. The summed E-state index contributed by atoms with van der Waals surface area (Å²) in [6.45, 7) is 0.139. The molecular formula is C24H19F4N5O. The zero-order valence-electron chi connectivity index (χ0n) is 17.6. The van der Waals surface area contributed by atoms with Gasteiger partial charge >= 0.3 is 12.2 Å². The number of benzene rings is 3. The Morgan fingerprint density at radius 3 is 2.21 bits per heavy atom. The molecule has 0 spiro atoms. The van der Waals surface area contributed by atoms with Crippen LogP contribution in [0.1, 0.15) is 11.1 Å². The number of alkyl halides is 3. The maximum Gasteiger partial charge on any atom is 0.416 e. The maximum atomic E-state index is 13.1. The Bertz CT molecular complexity index is 1280. The molecule has 34 heavy (non-hydrogen) atoms. The van der Waals surface area contributed by atoms with Crippen LogP contribution in [0.3, 0.4) is 0 Å². The number of halogens is 4. The average Bonchev–Trinajstić information content (AvgIpc) is 3.14. The Balaban J connectivity index is 1.63. The average molecular weight is 469 g/mol. The van der Waals surface area contributed by atoms with Crippen molar-refractivity contribution in [2.45, 2.75) is 12.7 Å². The molecule has 4 aromatic rings. The molecule has 2 amide bonds. The highest BCUT2D eigenvalue weighted by Gasteiger charge is 2.30. The normalized spacial score (nSPS) is 11.3. The zero-order chi connectivity index (χ0) is 24.3. The second-order valence-electron chi connectivity index (χ2n) is 7.37. The minimum Gasteiger partial charge on any atom is -0.382 e. The van der Waals surface area contributed by atoms with Gasteiger partial charge in [-0.3, -0.25) is 0 Å². The first-order valence-corrected chi connectivity index (χ1v) is 10.1. The van der Waals surface area contributed by atoms with Gasteiger partial charge in [-0.25, -0.2) is 13.9 Å². The highest BCUT2D eigenvalue weighted by molar-refractivity contribution is 5.97. The summed E-state index contributed by atoms with van der Waals surface area (Å²) >= 11 is 0. The van der Waals surface area contributed by atoms with Crippen molar-refractivity contribution in [1.29, 1.82) is 0 Å². The zero-order valence-corrected chi connectivity index (χ0v) is 17.6. The van der Waals surface area contributed by atoms with E-state index in [2.05, 4.69) is 15.7 Å². The number of carbonyl (C=O) groups is 1. The fourth-order valence-electron chi connectivity index (χ4n) is 3.28. The second-order valence-corrected chi connectivity index (χ2v) is 7.37. The molecule has 0 aliphatic rings. The predicted octanol–water partition coefficient (Wildman–Crippen LogP) is 5.60. The summed E-state index contributed by atoms with van der Waals surface area (Å²) in [7, 11) is 0. The van der Waals surface area contributed by atoms with Gasteiger partial charge in [0.15, 0.2) is 5.82 Å². The molecule has 0 unspecified atom stereocenters. The number of hydrogen-bond acceptors (Lipinski definition) is 3. The number of aromatic nitrogens is 2. The van der Waals surface area contributed by atoms with Crippen LogP contribution in [0.5, 0.6) is 0 Å². The fraction of sp³-hybridized carbons (Fsp3) is 0.0833. The maximum absolute atomic E-state index is 13.1. The highest BCUT2D eigenvalue weighted by atomic mass is 19.4. The van der Waals surface area contributed by atoms with Crippen LogP contribution in [0.2, 0.25) is 0 Å². The van der Waals surface area contributed by atoms with Crippen molar-refractivity contribution in [1.82, 2.24) is 15.1 Å². The van der Waals surface area contributed by atoms with E-state index in [1.54, 1.807) is 36.4 Å². The lowest BCUT2D eigenvalue weighted by Gasteiger charge is -2.10. The molecule has 0 aliphatic carbocycles. The lowest BCUT2D eigenvalue weighted by atomic mass is 10.1. The van der Waals surface area contributed by atoms with E-state index < -0.39 is 17.8 Å². The van der Waals surface area contributed by atoms with E-state index in [-0.39, 0.29) is 23.9 Å². The number of nitrogen functional groups attached to an aromatic ring is 1. The number of nitrogens with two attached hydrogens (primary N) is 1. The van der Waals surface area contributed by atoms with E-state index in [9.17, 15) is 22.4 Å². The van der Waals surface area contributed by atoms with Gasteiger partial charge < -0.3 is 16.4 Å². The van der Waals surface area contributed by atoms with Gasteiger partial charge in [-0.15, -0.1) is 0 Å². The van der Waals surface area contributed by atoms with E-state index in [0.29, 0.717) is 22.5 Å². The van der Waals surface area contributed by atoms with Crippen LogP contribution in [-0.4, -0.2) is 15.8 Å². The number of rotatable bonds is 5. The van der Waals surface area contributed by atoms with E-state index in [1.165, 1.54) is 28.9 Å². The van der Waals surface area contributed by atoms with Crippen molar-refractivity contribution < 1.29 is 22.4 Å². The molecule has 0 atom stereocenters. The predicted molar refractivity (Wildman–Crippen MR) is 121 cm³/mol. The third kappa shape index (κ3) is 5.01. The first-order chi connectivity index (χ1) is 16.2. The van der Waals surface area contributed by atoms with Crippen LogP contribution >= 0.6 is 0 Å². The summed E-state index contributed by atoms with van der Waals surface area (Å²) < 4.78 is 53.1. The molecule has 0 fully saturated rings. The van der Waals surface area contributed by atoms with Crippen LogP contribution < -0.4 is 16.4 Å². The van der Waals surface area contributed by atoms with Crippen molar-refractivity contribution in [3.8, 4) is 16.9 Å². The van der Waals surface area contributed by atoms with Gasteiger partial charge in [0.05, 0.1) is 11.3 Å². The van der Waals surface area contributed by atoms with Crippen LogP contribution in [0.15, 0.2) is 78.9 Å². The van der Waals surface area contributed by atoms with E-state index in [0.717, 1.165) is 12.1 Å². The van der Waals surface area contributed by atoms with E-state index in [1.807, 2.05) is 6.07 Å². The van der Waals surface area contributed by atoms with Gasteiger partial charge in [0.2, 0.25) is 0 Å². The van der Waals surface area contributed by atoms with E-state index >= 15 is 0 Å². The number of amides is 2. The van der Waals surface area contributed by atoms with Crippen molar-refractivity contribution in [2.24, 2.45) is 0 Å². The molecule has 4 rings (SSSR count). The Hall–Kier alpha value is -4.34. The molecular weight excluding hydrogens is 450 g/mol. The summed E-state index contributed by atoms with van der Waals surface area (Å²) in [4.78, 5) is 12.6. The Morgan fingerprint density at radius 2 is 1.59 bits per heavy atom. The topological polar surface area (TPSA) is 85.0 Å². The first-order valence-electron chi connectivity index (χ1n) is 10.1. The molecule has 0 aliphatic heterocycles. The minimum atomic E-state index is -4.47. The summed E-state index contributed by atoms with van der Waals surface area (Å²) in [5.41, 5.74) is 7.63. The lowest BCUT2D eigenvalue weighted by molar-refractivity contribution is -0.137. The second kappa shape index (κ2) is 9.26. The number of anilines is 2. The Kier molecular flexibility index (Phi) is 6.22. The Morgan fingerprint density at radius 1 is 0.941 bits per heavy atom. The molecule has 3 aromatic carbocycles. The van der Waals surface area contributed by atoms with E-state index in [4.69, 9.17) is 5.73 Å². The van der Waals surface area contributed by atoms with Gasteiger partial charge in [0.1, 0.15) is 17.2 Å². The van der Waals surface area contributed by atoms with Crippen molar-refractivity contribution in [3.63, 3.8) is 0 Å². The van der Waals surface area contributed by atoms with Crippen LogP contribution in [0.4, 0.5) is 33.9 Å². The molecule has 1 heterocycles. The molecule has 0 bridgehead atoms. The smallest absolute Gasteiger partial charge is 0.382 e. The van der Waals surface area contributed by atoms with Gasteiger partial charge in [0, 0.05) is 12.1 Å². The summed E-state index contributed by atoms with van der Waals surface area (Å²) in [5, 5.41) is 9.78. The van der Waals surface area contributed by atoms with Crippen LogP contribution in [-0.2, 0) is 12.7 Å². The summed E-state index contributed by atoms with van der Waals surface area (Å²) in [6, 6.07) is 18.3. The van der Waals surface area contributed by atoms with Gasteiger partial charge in [-0.1, -0.05) is 42.5 Å². The molecule has 10 heteroatoms. The Labute approximate surface area is 192 Å². The summed E-state index contributed by atoms with van der Waals surface area (Å²) in [6.07, 6.45) is -4.47. The number of nitrogens with zero attached hydrogens (tertiary/aromatic N) is 2. The SMILES string of the molecule is Nc1c(NC(=O)NCc2ccc(F)cc2)c(-c2ccccc2)nn1-c1ccc(C(F)(F)F)cc1. The molecule has 1 aromatic heterocycles. The number of hydrogen-bond donors (Lipinski definition) is 3.